The first-order valence-electron chi connectivity index (χ1n) is 7.05. The zero-order valence-corrected chi connectivity index (χ0v) is 10.5. The Labute approximate surface area is 103 Å². The molecule has 0 aromatic carbocycles. The summed E-state index contributed by atoms with van der Waals surface area (Å²) < 4.78 is 0. The van der Waals surface area contributed by atoms with Crippen molar-refractivity contribution in [2.24, 2.45) is 11.8 Å². The van der Waals surface area contributed by atoms with Crippen LogP contribution in [-0.2, 0) is 4.79 Å². The van der Waals surface area contributed by atoms with Crippen LogP contribution < -0.4 is 0 Å². The SMILES string of the molecule is O=C(CC1CCCCC1)C1CCC(O)CC1O. The van der Waals surface area contributed by atoms with Gasteiger partial charge in [-0.15, -0.1) is 0 Å². The fourth-order valence-electron chi connectivity index (χ4n) is 3.33. The minimum Gasteiger partial charge on any atom is -0.393 e. The van der Waals surface area contributed by atoms with Gasteiger partial charge in [-0.1, -0.05) is 32.1 Å². The van der Waals surface area contributed by atoms with Gasteiger partial charge in [0.15, 0.2) is 0 Å². The minimum atomic E-state index is -0.616. The number of carbonyl (C=O) groups excluding carboxylic acids is 1. The minimum absolute atomic E-state index is 0.208. The molecule has 2 rings (SSSR count). The first kappa shape index (κ1) is 13.0. The van der Waals surface area contributed by atoms with E-state index in [0.29, 0.717) is 31.6 Å². The van der Waals surface area contributed by atoms with Crippen molar-refractivity contribution in [3.8, 4) is 0 Å². The van der Waals surface area contributed by atoms with Crippen LogP contribution in [0.2, 0.25) is 0 Å². The molecule has 2 aliphatic carbocycles. The van der Waals surface area contributed by atoms with Crippen LogP contribution >= 0.6 is 0 Å². The van der Waals surface area contributed by atoms with E-state index in [2.05, 4.69) is 0 Å². The van der Waals surface area contributed by atoms with Crippen molar-refractivity contribution < 1.29 is 15.0 Å². The van der Waals surface area contributed by atoms with Gasteiger partial charge in [-0.2, -0.15) is 0 Å². The highest BCUT2D eigenvalue weighted by atomic mass is 16.3. The Hall–Kier alpha value is -0.410. The molecule has 0 bridgehead atoms. The molecule has 98 valence electrons. The maximum atomic E-state index is 12.1. The summed E-state index contributed by atoms with van der Waals surface area (Å²) in [6.07, 6.45) is 7.49. The molecule has 3 atom stereocenters. The average molecular weight is 240 g/mol. The highest BCUT2D eigenvalue weighted by Gasteiger charge is 2.33. The Kier molecular flexibility index (Phi) is 4.57. The number of rotatable bonds is 3. The third-order valence-electron chi connectivity index (χ3n) is 4.42. The summed E-state index contributed by atoms with van der Waals surface area (Å²) in [5.74, 6) is 0.576. The van der Waals surface area contributed by atoms with E-state index in [-0.39, 0.29) is 11.7 Å². The molecule has 0 spiro atoms. The van der Waals surface area contributed by atoms with Crippen molar-refractivity contribution in [2.45, 2.75) is 70.0 Å². The summed E-state index contributed by atoms with van der Waals surface area (Å²) in [5.41, 5.74) is 0. The summed E-state index contributed by atoms with van der Waals surface area (Å²) >= 11 is 0. The van der Waals surface area contributed by atoms with Crippen LogP contribution in [0.4, 0.5) is 0 Å². The Balaban J connectivity index is 1.82. The highest BCUT2D eigenvalue weighted by Crippen LogP contribution is 2.31. The molecule has 2 aliphatic rings. The van der Waals surface area contributed by atoms with Crippen molar-refractivity contribution in [2.75, 3.05) is 0 Å². The molecule has 0 amide bonds. The van der Waals surface area contributed by atoms with E-state index >= 15 is 0 Å². The molecular weight excluding hydrogens is 216 g/mol. The van der Waals surface area contributed by atoms with Crippen LogP contribution in [0.5, 0.6) is 0 Å². The normalized spacial score (nSPS) is 35.8. The van der Waals surface area contributed by atoms with Gasteiger partial charge in [0.1, 0.15) is 5.78 Å². The number of Topliss-reactive ketones (excluding diaryl/α,β-unsaturated/α-hetero) is 1. The molecule has 0 heterocycles. The second kappa shape index (κ2) is 5.96. The molecule has 17 heavy (non-hydrogen) atoms. The van der Waals surface area contributed by atoms with Crippen LogP contribution in [0, 0.1) is 11.8 Å². The van der Waals surface area contributed by atoms with Crippen LogP contribution in [0.25, 0.3) is 0 Å². The first-order valence-corrected chi connectivity index (χ1v) is 7.05. The van der Waals surface area contributed by atoms with Gasteiger partial charge < -0.3 is 10.2 Å². The smallest absolute Gasteiger partial charge is 0.138 e. The third-order valence-corrected chi connectivity index (χ3v) is 4.42. The lowest BCUT2D eigenvalue weighted by molar-refractivity contribution is -0.130. The van der Waals surface area contributed by atoms with Gasteiger partial charge in [0.2, 0.25) is 0 Å². The molecule has 0 radical (unpaired) electrons. The highest BCUT2D eigenvalue weighted by molar-refractivity contribution is 5.81. The maximum Gasteiger partial charge on any atom is 0.138 e. The molecular formula is C14H24O3. The number of hydrogen-bond donors (Lipinski definition) is 2. The number of hydrogen-bond acceptors (Lipinski definition) is 3. The zero-order valence-electron chi connectivity index (χ0n) is 10.5. The lowest BCUT2D eigenvalue weighted by Gasteiger charge is -2.31. The first-order chi connectivity index (χ1) is 8.16. The number of carbonyl (C=O) groups is 1. The van der Waals surface area contributed by atoms with E-state index in [1.54, 1.807) is 0 Å². The third kappa shape index (κ3) is 3.52. The molecule has 2 saturated carbocycles. The second-order valence-electron chi connectivity index (χ2n) is 5.82. The van der Waals surface area contributed by atoms with Crippen molar-refractivity contribution in [1.29, 1.82) is 0 Å². The van der Waals surface area contributed by atoms with Gasteiger partial charge >= 0.3 is 0 Å². The van der Waals surface area contributed by atoms with Gasteiger partial charge in [-0.25, -0.2) is 0 Å². The number of ketones is 1. The van der Waals surface area contributed by atoms with E-state index in [0.717, 1.165) is 0 Å². The topological polar surface area (TPSA) is 57.5 Å². The molecule has 0 aliphatic heterocycles. The second-order valence-corrected chi connectivity index (χ2v) is 5.82. The molecule has 3 unspecified atom stereocenters. The Bertz CT molecular complexity index is 258. The van der Waals surface area contributed by atoms with Gasteiger partial charge in [0.25, 0.3) is 0 Å². The monoisotopic (exact) mass is 240 g/mol. The molecule has 3 heteroatoms. The van der Waals surface area contributed by atoms with E-state index in [4.69, 9.17) is 0 Å². The summed E-state index contributed by atoms with van der Waals surface area (Å²) in [6, 6.07) is 0. The molecule has 0 aromatic heterocycles. The van der Waals surface area contributed by atoms with Crippen LogP contribution in [-0.4, -0.2) is 28.2 Å². The van der Waals surface area contributed by atoms with Gasteiger partial charge in [-0.3, -0.25) is 4.79 Å². The summed E-state index contributed by atoms with van der Waals surface area (Å²) in [7, 11) is 0. The predicted molar refractivity (Wildman–Crippen MR) is 65.6 cm³/mol. The van der Waals surface area contributed by atoms with Crippen molar-refractivity contribution in [3.05, 3.63) is 0 Å². The molecule has 2 N–H and O–H groups in total. The zero-order chi connectivity index (χ0) is 12.3. The fraction of sp³-hybridized carbons (Fsp3) is 0.929. The Morgan fingerprint density at radius 3 is 2.35 bits per heavy atom. The molecule has 2 fully saturated rings. The van der Waals surface area contributed by atoms with Crippen molar-refractivity contribution >= 4 is 5.78 Å². The summed E-state index contributed by atoms with van der Waals surface area (Å²) in [4.78, 5) is 12.1. The van der Waals surface area contributed by atoms with E-state index in [1.807, 2.05) is 0 Å². The summed E-state index contributed by atoms with van der Waals surface area (Å²) in [6.45, 7) is 0. The lowest BCUT2D eigenvalue weighted by Crippen LogP contribution is -2.37. The standard InChI is InChI=1S/C14H24O3/c15-11-6-7-12(14(17)9-11)13(16)8-10-4-2-1-3-5-10/h10-12,14-15,17H,1-9H2. The van der Waals surface area contributed by atoms with Gasteiger partial charge in [0.05, 0.1) is 12.2 Å². The number of aliphatic hydroxyl groups excluding tert-OH is 2. The Morgan fingerprint density at radius 2 is 1.71 bits per heavy atom. The average Bonchev–Trinajstić information content (AvgIpc) is 2.30. The lowest BCUT2D eigenvalue weighted by atomic mass is 9.77. The fourth-order valence-corrected chi connectivity index (χ4v) is 3.33. The molecule has 3 nitrogen and oxygen atoms in total. The number of aliphatic hydroxyl groups is 2. The predicted octanol–water partition coefficient (Wildman–Crippen LogP) is 2.05. The molecule has 0 aromatic rings. The quantitative estimate of drug-likeness (QED) is 0.793. The Morgan fingerprint density at radius 1 is 1.00 bits per heavy atom. The van der Waals surface area contributed by atoms with Crippen molar-refractivity contribution in [1.82, 2.24) is 0 Å². The van der Waals surface area contributed by atoms with Gasteiger partial charge in [-0.05, 0) is 25.2 Å². The molecule has 0 saturated heterocycles. The van der Waals surface area contributed by atoms with Crippen LogP contribution in [0.15, 0.2) is 0 Å². The van der Waals surface area contributed by atoms with Crippen molar-refractivity contribution in [3.63, 3.8) is 0 Å². The van der Waals surface area contributed by atoms with E-state index in [9.17, 15) is 15.0 Å². The van der Waals surface area contributed by atoms with E-state index in [1.165, 1.54) is 32.1 Å². The largest absolute Gasteiger partial charge is 0.393 e. The van der Waals surface area contributed by atoms with Crippen LogP contribution in [0.1, 0.15) is 57.8 Å². The maximum absolute atomic E-state index is 12.1. The van der Waals surface area contributed by atoms with Crippen LogP contribution in [0.3, 0.4) is 0 Å². The summed E-state index contributed by atoms with van der Waals surface area (Å²) in [5, 5.41) is 19.3. The van der Waals surface area contributed by atoms with Gasteiger partial charge in [0, 0.05) is 12.3 Å². The van der Waals surface area contributed by atoms with E-state index < -0.39 is 12.2 Å².